The fraction of sp³-hybridized carbons (Fsp3) is 0.364. The summed E-state index contributed by atoms with van der Waals surface area (Å²) >= 11 is 0. The summed E-state index contributed by atoms with van der Waals surface area (Å²) in [4.78, 5) is 4.38. The molecule has 0 saturated heterocycles. The summed E-state index contributed by atoms with van der Waals surface area (Å²) in [5, 5.41) is 0. The zero-order valence-corrected chi connectivity index (χ0v) is 7.21. The van der Waals surface area contributed by atoms with Gasteiger partial charge in [0.2, 0.25) is 0 Å². The van der Waals surface area contributed by atoms with Crippen LogP contribution in [-0.4, -0.2) is 4.98 Å². The molecule has 0 radical (unpaired) electrons. The van der Waals surface area contributed by atoms with E-state index < -0.39 is 0 Å². The molecule has 0 aromatic carbocycles. The molecule has 1 heteroatoms. The monoisotopic (exact) mass is 159 g/mol. The fourth-order valence-corrected chi connectivity index (χ4v) is 1.84. The van der Waals surface area contributed by atoms with Crippen molar-refractivity contribution in [2.45, 2.75) is 25.7 Å². The Balaban J connectivity index is 2.51. The lowest BCUT2D eigenvalue weighted by Gasteiger charge is -2.16. The smallest absolute Gasteiger partial charge is 0.0441 e. The highest BCUT2D eigenvalue weighted by Gasteiger charge is 2.11. The van der Waals surface area contributed by atoms with Gasteiger partial charge in [0.05, 0.1) is 0 Å². The van der Waals surface area contributed by atoms with Gasteiger partial charge in [0, 0.05) is 11.9 Å². The van der Waals surface area contributed by atoms with Gasteiger partial charge in [-0.05, 0) is 42.9 Å². The van der Waals surface area contributed by atoms with E-state index in [0.29, 0.717) is 0 Å². The van der Waals surface area contributed by atoms with E-state index >= 15 is 0 Å². The third-order valence-corrected chi connectivity index (χ3v) is 2.49. The minimum absolute atomic E-state index is 1.15. The second kappa shape index (κ2) is 3.10. The zero-order valence-electron chi connectivity index (χ0n) is 7.21. The number of fused-ring (bicyclic) bond motifs is 1. The number of aromatic nitrogens is 1. The first-order valence-corrected chi connectivity index (χ1v) is 4.51. The Bertz CT molecular complexity index is 302. The first-order chi connectivity index (χ1) is 5.92. The normalized spacial score (nSPS) is 15.3. The minimum Gasteiger partial charge on any atom is -0.261 e. The third kappa shape index (κ3) is 1.15. The van der Waals surface area contributed by atoms with E-state index in [4.69, 9.17) is 0 Å². The second-order valence-electron chi connectivity index (χ2n) is 3.24. The summed E-state index contributed by atoms with van der Waals surface area (Å²) < 4.78 is 0. The molecule has 2 rings (SSSR count). The molecule has 0 spiro atoms. The van der Waals surface area contributed by atoms with E-state index in [2.05, 4.69) is 17.6 Å². The molecule has 1 aliphatic rings. The predicted molar refractivity (Wildman–Crippen MR) is 51.0 cm³/mol. The van der Waals surface area contributed by atoms with Gasteiger partial charge in [0.1, 0.15) is 0 Å². The number of pyridine rings is 1. The van der Waals surface area contributed by atoms with Crippen LogP contribution in [0.4, 0.5) is 0 Å². The fourth-order valence-electron chi connectivity index (χ4n) is 1.84. The standard InChI is InChI=1S/C11H13N/c1-2-9-7-8-12-11-6-4-3-5-10(9)11/h2,7-8H,1,3-6H2. The van der Waals surface area contributed by atoms with Gasteiger partial charge in [-0.15, -0.1) is 0 Å². The quantitative estimate of drug-likeness (QED) is 0.613. The Kier molecular flexibility index (Phi) is 1.94. The maximum atomic E-state index is 4.38. The minimum atomic E-state index is 1.15. The molecule has 0 bridgehead atoms. The third-order valence-electron chi connectivity index (χ3n) is 2.49. The van der Waals surface area contributed by atoms with Crippen molar-refractivity contribution in [3.05, 3.63) is 35.7 Å². The number of aryl methyl sites for hydroxylation is 1. The second-order valence-corrected chi connectivity index (χ2v) is 3.24. The lowest BCUT2D eigenvalue weighted by atomic mass is 9.92. The maximum absolute atomic E-state index is 4.38. The number of hydrogen-bond donors (Lipinski definition) is 0. The van der Waals surface area contributed by atoms with Gasteiger partial charge >= 0.3 is 0 Å². The highest BCUT2D eigenvalue weighted by molar-refractivity contribution is 5.53. The summed E-state index contributed by atoms with van der Waals surface area (Å²) in [5.41, 5.74) is 4.00. The number of rotatable bonds is 1. The van der Waals surface area contributed by atoms with E-state index in [1.807, 2.05) is 12.3 Å². The van der Waals surface area contributed by atoms with E-state index in [1.165, 1.54) is 36.1 Å². The molecule has 62 valence electrons. The molecule has 0 saturated carbocycles. The van der Waals surface area contributed by atoms with Crippen molar-refractivity contribution in [3.63, 3.8) is 0 Å². The van der Waals surface area contributed by atoms with Crippen molar-refractivity contribution in [1.82, 2.24) is 4.98 Å². The van der Waals surface area contributed by atoms with Gasteiger partial charge in [-0.25, -0.2) is 0 Å². The molecule has 0 atom stereocenters. The number of hydrogen-bond acceptors (Lipinski definition) is 1. The largest absolute Gasteiger partial charge is 0.261 e. The van der Waals surface area contributed by atoms with Gasteiger partial charge in [-0.2, -0.15) is 0 Å². The van der Waals surface area contributed by atoms with Crippen molar-refractivity contribution >= 4 is 6.08 Å². The van der Waals surface area contributed by atoms with E-state index in [-0.39, 0.29) is 0 Å². The molecular weight excluding hydrogens is 146 g/mol. The average Bonchev–Trinajstić information content (AvgIpc) is 2.17. The molecule has 1 aromatic heterocycles. The molecular formula is C11H13N. The summed E-state index contributed by atoms with van der Waals surface area (Å²) in [5.74, 6) is 0. The molecule has 1 heterocycles. The van der Waals surface area contributed by atoms with Gasteiger partial charge in [0.15, 0.2) is 0 Å². The van der Waals surface area contributed by atoms with Gasteiger partial charge in [0.25, 0.3) is 0 Å². The Morgan fingerprint density at radius 1 is 1.33 bits per heavy atom. The van der Waals surface area contributed by atoms with Crippen LogP contribution >= 0.6 is 0 Å². The molecule has 1 aromatic rings. The van der Waals surface area contributed by atoms with Crippen LogP contribution in [-0.2, 0) is 12.8 Å². The zero-order chi connectivity index (χ0) is 8.39. The van der Waals surface area contributed by atoms with Crippen LogP contribution in [0.3, 0.4) is 0 Å². The van der Waals surface area contributed by atoms with E-state index in [0.717, 1.165) is 6.42 Å². The van der Waals surface area contributed by atoms with Crippen molar-refractivity contribution in [2.75, 3.05) is 0 Å². The highest BCUT2D eigenvalue weighted by atomic mass is 14.7. The molecule has 12 heavy (non-hydrogen) atoms. The summed E-state index contributed by atoms with van der Waals surface area (Å²) in [6.45, 7) is 3.81. The lowest BCUT2D eigenvalue weighted by molar-refractivity contribution is 0.667. The highest BCUT2D eigenvalue weighted by Crippen LogP contribution is 2.22. The Hall–Kier alpha value is -1.11. The van der Waals surface area contributed by atoms with Crippen LogP contribution < -0.4 is 0 Å². The van der Waals surface area contributed by atoms with E-state index in [9.17, 15) is 0 Å². The molecule has 0 amide bonds. The summed E-state index contributed by atoms with van der Waals surface area (Å²) in [6.07, 6.45) is 8.76. The molecule has 0 unspecified atom stereocenters. The maximum Gasteiger partial charge on any atom is 0.0441 e. The van der Waals surface area contributed by atoms with Gasteiger partial charge < -0.3 is 0 Å². The predicted octanol–water partition coefficient (Wildman–Crippen LogP) is 2.60. The Morgan fingerprint density at radius 2 is 2.17 bits per heavy atom. The van der Waals surface area contributed by atoms with Crippen LogP contribution in [0.1, 0.15) is 29.7 Å². The van der Waals surface area contributed by atoms with Gasteiger partial charge in [-0.1, -0.05) is 12.7 Å². The van der Waals surface area contributed by atoms with Crippen LogP contribution in [0.5, 0.6) is 0 Å². The van der Waals surface area contributed by atoms with Crippen molar-refractivity contribution in [1.29, 1.82) is 0 Å². The number of nitrogens with zero attached hydrogens (tertiary/aromatic N) is 1. The average molecular weight is 159 g/mol. The van der Waals surface area contributed by atoms with Crippen molar-refractivity contribution in [3.8, 4) is 0 Å². The molecule has 1 aliphatic carbocycles. The first kappa shape index (κ1) is 7.53. The molecule has 0 aliphatic heterocycles. The molecule has 0 fully saturated rings. The van der Waals surface area contributed by atoms with Crippen molar-refractivity contribution in [2.24, 2.45) is 0 Å². The van der Waals surface area contributed by atoms with Crippen LogP contribution in [0.25, 0.3) is 6.08 Å². The van der Waals surface area contributed by atoms with Crippen molar-refractivity contribution < 1.29 is 0 Å². The first-order valence-electron chi connectivity index (χ1n) is 4.51. The van der Waals surface area contributed by atoms with E-state index in [1.54, 1.807) is 0 Å². The summed E-state index contributed by atoms with van der Waals surface area (Å²) in [6, 6.07) is 2.05. The molecule has 0 N–H and O–H groups in total. The molecule has 1 nitrogen and oxygen atoms in total. The van der Waals surface area contributed by atoms with Crippen LogP contribution in [0, 0.1) is 0 Å². The SMILES string of the molecule is C=Cc1ccnc2c1CCCC2. The lowest BCUT2D eigenvalue weighted by Crippen LogP contribution is -2.06. The Labute approximate surface area is 73.1 Å². The summed E-state index contributed by atoms with van der Waals surface area (Å²) in [7, 11) is 0. The van der Waals surface area contributed by atoms with Crippen LogP contribution in [0.15, 0.2) is 18.8 Å². The van der Waals surface area contributed by atoms with Crippen LogP contribution in [0.2, 0.25) is 0 Å². The Morgan fingerprint density at radius 3 is 3.00 bits per heavy atom. The van der Waals surface area contributed by atoms with Gasteiger partial charge in [-0.3, -0.25) is 4.98 Å². The topological polar surface area (TPSA) is 12.9 Å².